The van der Waals surface area contributed by atoms with Crippen LogP contribution in [0.5, 0.6) is 0 Å². The van der Waals surface area contributed by atoms with Crippen LogP contribution < -0.4 is 5.32 Å². The summed E-state index contributed by atoms with van der Waals surface area (Å²) in [6.07, 6.45) is 0. The minimum atomic E-state index is -0.179. The van der Waals surface area contributed by atoms with Crippen LogP contribution in [0.1, 0.15) is 16.1 Å². The van der Waals surface area contributed by atoms with Gasteiger partial charge in [-0.1, -0.05) is 29.8 Å². The second kappa shape index (κ2) is 5.14. The SMILES string of the molecule is Cc1[nH]n2nc3ccccc3c2c1C(=O)Nc1ccc(Cl)cc1. The van der Waals surface area contributed by atoms with Gasteiger partial charge in [0, 0.05) is 21.8 Å². The molecule has 2 aromatic heterocycles. The average molecular weight is 325 g/mol. The maximum atomic E-state index is 12.7. The first-order valence-corrected chi connectivity index (χ1v) is 7.54. The van der Waals surface area contributed by atoms with Gasteiger partial charge in [0.15, 0.2) is 0 Å². The molecule has 4 aromatic rings. The molecule has 2 N–H and O–H groups in total. The quantitative estimate of drug-likeness (QED) is 0.584. The van der Waals surface area contributed by atoms with Gasteiger partial charge >= 0.3 is 0 Å². The van der Waals surface area contributed by atoms with Crippen molar-refractivity contribution in [3.05, 3.63) is 64.8 Å². The molecule has 5 nitrogen and oxygen atoms in total. The number of fused-ring (bicyclic) bond motifs is 3. The van der Waals surface area contributed by atoms with Crippen molar-refractivity contribution in [1.29, 1.82) is 0 Å². The van der Waals surface area contributed by atoms with E-state index in [1.807, 2.05) is 31.2 Å². The lowest BCUT2D eigenvalue weighted by molar-refractivity contribution is 0.102. The summed E-state index contributed by atoms with van der Waals surface area (Å²) < 4.78 is 1.65. The number of aryl methyl sites for hydroxylation is 1. The number of carbonyl (C=O) groups is 1. The van der Waals surface area contributed by atoms with E-state index in [-0.39, 0.29) is 5.91 Å². The number of aromatic amines is 1. The number of hydrogen-bond donors (Lipinski definition) is 2. The van der Waals surface area contributed by atoms with Gasteiger partial charge in [0.05, 0.1) is 11.1 Å². The van der Waals surface area contributed by atoms with E-state index < -0.39 is 0 Å². The normalized spacial score (nSPS) is 11.2. The van der Waals surface area contributed by atoms with Crippen LogP contribution in [0.15, 0.2) is 48.5 Å². The fourth-order valence-electron chi connectivity index (χ4n) is 2.75. The number of rotatable bonds is 2. The summed E-state index contributed by atoms with van der Waals surface area (Å²) in [6.45, 7) is 1.86. The van der Waals surface area contributed by atoms with E-state index in [0.29, 0.717) is 16.3 Å². The van der Waals surface area contributed by atoms with Crippen molar-refractivity contribution in [1.82, 2.24) is 14.8 Å². The van der Waals surface area contributed by atoms with Crippen LogP contribution in [0.2, 0.25) is 5.02 Å². The van der Waals surface area contributed by atoms with Crippen molar-refractivity contribution in [2.45, 2.75) is 6.92 Å². The third kappa shape index (κ3) is 2.26. The molecule has 0 bridgehead atoms. The Hall–Kier alpha value is -2.79. The molecule has 0 atom stereocenters. The zero-order chi connectivity index (χ0) is 16.0. The molecular weight excluding hydrogens is 312 g/mol. The highest BCUT2D eigenvalue weighted by Crippen LogP contribution is 2.25. The Bertz CT molecular complexity index is 1030. The van der Waals surface area contributed by atoms with Crippen molar-refractivity contribution >= 4 is 39.6 Å². The maximum Gasteiger partial charge on any atom is 0.259 e. The van der Waals surface area contributed by atoms with Gasteiger partial charge in [-0.15, -0.1) is 0 Å². The highest BCUT2D eigenvalue weighted by molar-refractivity contribution is 6.30. The van der Waals surface area contributed by atoms with Crippen molar-refractivity contribution in [2.75, 3.05) is 5.32 Å². The summed E-state index contributed by atoms with van der Waals surface area (Å²) >= 11 is 5.87. The van der Waals surface area contributed by atoms with Crippen molar-refractivity contribution in [3.8, 4) is 0 Å². The Morgan fingerprint density at radius 2 is 1.91 bits per heavy atom. The van der Waals surface area contributed by atoms with Crippen LogP contribution in [0, 0.1) is 6.92 Å². The molecule has 0 fully saturated rings. The number of nitrogens with one attached hydrogen (secondary N) is 2. The van der Waals surface area contributed by atoms with E-state index in [2.05, 4.69) is 15.5 Å². The standard InChI is InChI=1S/C17H13ClN4O/c1-10-15(17(23)19-12-8-6-11(18)7-9-12)16-13-4-2-3-5-14(13)21-22(16)20-10/h2-9,20H,1H3,(H,19,23). The lowest BCUT2D eigenvalue weighted by Gasteiger charge is -2.05. The summed E-state index contributed by atoms with van der Waals surface area (Å²) in [5, 5.41) is 12.0. The van der Waals surface area contributed by atoms with Gasteiger partial charge in [0.2, 0.25) is 0 Å². The van der Waals surface area contributed by atoms with Crippen LogP contribution in [0.3, 0.4) is 0 Å². The van der Waals surface area contributed by atoms with E-state index in [1.165, 1.54) is 0 Å². The minimum Gasteiger partial charge on any atom is -0.322 e. The zero-order valence-corrected chi connectivity index (χ0v) is 13.1. The topological polar surface area (TPSA) is 62.2 Å². The summed E-state index contributed by atoms with van der Waals surface area (Å²) in [6, 6.07) is 14.8. The lowest BCUT2D eigenvalue weighted by atomic mass is 10.1. The van der Waals surface area contributed by atoms with Crippen LogP contribution in [0.4, 0.5) is 5.69 Å². The Morgan fingerprint density at radius 3 is 2.70 bits per heavy atom. The van der Waals surface area contributed by atoms with E-state index in [1.54, 1.807) is 28.9 Å². The minimum absolute atomic E-state index is 0.179. The number of nitrogens with zero attached hydrogens (tertiary/aromatic N) is 2. The molecule has 6 heteroatoms. The summed E-state index contributed by atoms with van der Waals surface area (Å²) in [5.41, 5.74) is 3.68. The first-order chi connectivity index (χ1) is 11.1. The number of hydrogen-bond acceptors (Lipinski definition) is 2. The van der Waals surface area contributed by atoms with Crippen molar-refractivity contribution in [2.24, 2.45) is 0 Å². The lowest BCUT2D eigenvalue weighted by Crippen LogP contribution is -2.12. The van der Waals surface area contributed by atoms with E-state index >= 15 is 0 Å². The molecule has 0 radical (unpaired) electrons. The molecule has 0 aliphatic carbocycles. The molecule has 4 rings (SSSR count). The maximum absolute atomic E-state index is 12.7. The monoisotopic (exact) mass is 324 g/mol. The van der Waals surface area contributed by atoms with Crippen molar-refractivity contribution < 1.29 is 4.79 Å². The van der Waals surface area contributed by atoms with Crippen LogP contribution >= 0.6 is 11.6 Å². The number of H-pyrrole nitrogens is 1. The molecular formula is C17H13ClN4O. The Labute approximate surface area is 136 Å². The number of amides is 1. The average Bonchev–Trinajstić information content (AvgIpc) is 3.03. The van der Waals surface area contributed by atoms with E-state index in [0.717, 1.165) is 22.1 Å². The smallest absolute Gasteiger partial charge is 0.259 e. The van der Waals surface area contributed by atoms with Crippen LogP contribution in [-0.4, -0.2) is 20.7 Å². The van der Waals surface area contributed by atoms with Gasteiger partial charge < -0.3 is 5.32 Å². The molecule has 0 spiro atoms. The van der Waals surface area contributed by atoms with Gasteiger partial charge in [-0.25, -0.2) is 0 Å². The van der Waals surface area contributed by atoms with E-state index in [4.69, 9.17) is 11.6 Å². The molecule has 0 unspecified atom stereocenters. The van der Waals surface area contributed by atoms with Crippen LogP contribution in [0.25, 0.3) is 16.4 Å². The first kappa shape index (κ1) is 13.8. The molecule has 0 aliphatic heterocycles. The number of halogens is 1. The number of aromatic nitrogens is 3. The second-order valence-electron chi connectivity index (χ2n) is 5.35. The number of anilines is 1. The molecule has 23 heavy (non-hydrogen) atoms. The van der Waals surface area contributed by atoms with Gasteiger partial charge in [0.25, 0.3) is 5.91 Å². The Balaban J connectivity index is 1.82. The molecule has 0 aliphatic rings. The molecule has 0 saturated carbocycles. The zero-order valence-electron chi connectivity index (χ0n) is 12.3. The molecule has 0 saturated heterocycles. The van der Waals surface area contributed by atoms with E-state index in [9.17, 15) is 4.79 Å². The number of benzene rings is 2. The molecule has 2 aromatic carbocycles. The van der Waals surface area contributed by atoms with Gasteiger partial charge in [-0.3, -0.25) is 9.89 Å². The molecule has 114 valence electrons. The van der Waals surface area contributed by atoms with Crippen molar-refractivity contribution in [3.63, 3.8) is 0 Å². The number of carbonyl (C=O) groups excluding carboxylic acids is 1. The van der Waals surface area contributed by atoms with Gasteiger partial charge in [-0.05, 0) is 37.3 Å². The third-order valence-electron chi connectivity index (χ3n) is 3.79. The molecule has 1 amide bonds. The fraction of sp³-hybridized carbons (Fsp3) is 0.0588. The Morgan fingerprint density at radius 1 is 1.17 bits per heavy atom. The highest BCUT2D eigenvalue weighted by Gasteiger charge is 2.20. The third-order valence-corrected chi connectivity index (χ3v) is 4.05. The summed E-state index contributed by atoms with van der Waals surface area (Å²) in [5.74, 6) is -0.179. The Kier molecular flexibility index (Phi) is 3.09. The summed E-state index contributed by atoms with van der Waals surface area (Å²) in [7, 11) is 0. The predicted octanol–water partition coefficient (Wildman–Crippen LogP) is 4.03. The highest BCUT2D eigenvalue weighted by atomic mass is 35.5. The predicted molar refractivity (Wildman–Crippen MR) is 91.2 cm³/mol. The summed E-state index contributed by atoms with van der Waals surface area (Å²) in [4.78, 5) is 12.7. The van der Waals surface area contributed by atoms with Crippen LogP contribution in [-0.2, 0) is 0 Å². The van der Waals surface area contributed by atoms with Gasteiger partial charge in [0.1, 0.15) is 5.52 Å². The first-order valence-electron chi connectivity index (χ1n) is 7.16. The molecule has 2 heterocycles. The fourth-order valence-corrected chi connectivity index (χ4v) is 2.88. The largest absolute Gasteiger partial charge is 0.322 e. The van der Waals surface area contributed by atoms with Gasteiger partial charge in [-0.2, -0.15) is 9.73 Å². The second-order valence-corrected chi connectivity index (χ2v) is 5.79.